The standard InChI is InChI=1S/C17H24N2O3S/c1-3-19(4-2)23(21,22)16-11-7-10-15(13-16)18-17(20)12-14-8-5-6-9-14/h5,7-8,10-11,13-14H,3-4,6,9,12H2,1-2H3,(H,18,20)/t14-/m1/s1. The third-order valence-corrected chi connectivity index (χ3v) is 6.07. The number of nitrogens with zero attached hydrogens (tertiary/aromatic N) is 1. The van der Waals surface area contributed by atoms with Crippen molar-refractivity contribution >= 4 is 21.6 Å². The number of hydrogen-bond acceptors (Lipinski definition) is 3. The van der Waals surface area contributed by atoms with Gasteiger partial charge in [0.05, 0.1) is 4.90 Å². The van der Waals surface area contributed by atoms with Crippen LogP contribution in [0, 0.1) is 5.92 Å². The van der Waals surface area contributed by atoms with Gasteiger partial charge in [-0.05, 0) is 37.0 Å². The van der Waals surface area contributed by atoms with Crippen LogP contribution in [0.4, 0.5) is 5.69 Å². The topological polar surface area (TPSA) is 66.5 Å². The van der Waals surface area contributed by atoms with Crippen LogP contribution in [0.1, 0.15) is 33.1 Å². The molecule has 0 spiro atoms. The van der Waals surface area contributed by atoms with Crippen LogP contribution in [0.5, 0.6) is 0 Å². The summed E-state index contributed by atoms with van der Waals surface area (Å²) in [6, 6.07) is 6.45. The summed E-state index contributed by atoms with van der Waals surface area (Å²) in [6.07, 6.45) is 6.62. The predicted molar refractivity (Wildman–Crippen MR) is 91.7 cm³/mol. The second-order valence-corrected chi connectivity index (χ2v) is 7.57. The fourth-order valence-corrected chi connectivity index (χ4v) is 4.27. The number of carbonyl (C=O) groups is 1. The highest BCUT2D eigenvalue weighted by molar-refractivity contribution is 7.89. The van der Waals surface area contributed by atoms with Crippen LogP contribution in [0.3, 0.4) is 0 Å². The monoisotopic (exact) mass is 336 g/mol. The van der Waals surface area contributed by atoms with E-state index in [1.54, 1.807) is 18.2 Å². The van der Waals surface area contributed by atoms with E-state index >= 15 is 0 Å². The van der Waals surface area contributed by atoms with E-state index in [2.05, 4.69) is 17.5 Å². The van der Waals surface area contributed by atoms with E-state index in [0.717, 1.165) is 12.8 Å². The maximum atomic E-state index is 12.5. The second-order valence-electron chi connectivity index (χ2n) is 5.64. The Morgan fingerprint density at radius 2 is 2.04 bits per heavy atom. The summed E-state index contributed by atoms with van der Waals surface area (Å²) in [5.74, 6) is 0.205. The molecule has 1 aromatic carbocycles. The molecule has 23 heavy (non-hydrogen) atoms. The zero-order chi connectivity index (χ0) is 16.9. The lowest BCUT2D eigenvalue weighted by Crippen LogP contribution is -2.30. The summed E-state index contributed by atoms with van der Waals surface area (Å²) in [7, 11) is -3.51. The van der Waals surface area contributed by atoms with Crippen LogP contribution in [0.15, 0.2) is 41.3 Å². The summed E-state index contributed by atoms with van der Waals surface area (Å²) in [6.45, 7) is 4.45. The Hall–Kier alpha value is -1.66. The van der Waals surface area contributed by atoms with Gasteiger partial charge in [-0.15, -0.1) is 0 Å². The quantitative estimate of drug-likeness (QED) is 0.778. The molecule has 0 bridgehead atoms. The highest BCUT2D eigenvalue weighted by Gasteiger charge is 2.22. The second kappa shape index (κ2) is 7.75. The zero-order valence-corrected chi connectivity index (χ0v) is 14.5. The predicted octanol–water partition coefficient (Wildman–Crippen LogP) is 3.01. The fraction of sp³-hybridized carbons (Fsp3) is 0.471. The molecule has 0 fully saturated rings. The van der Waals surface area contributed by atoms with Crippen LogP contribution in [-0.4, -0.2) is 31.7 Å². The molecule has 1 N–H and O–H groups in total. The van der Waals surface area contributed by atoms with Crippen LogP contribution in [-0.2, 0) is 14.8 Å². The van der Waals surface area contributed by atoms with Crippen LogP contribution in [0.2, 0.25) is 0 Å². The molecule has 0 aromatic heterocycles. The van der Waals surface area contributed by atoms with Gasteiger partial charge in [-0.25, -0.2) is 8.42 Å². The maximum Gasteiger partial charge on any atom is 0.243 e. The molecule has 1 aromatic rings. The van der Waals surface area contributed by atoms with Gasteiger partial charge in [0.2, 0.25) is 15.9 Å². The van der Waals surface area contributed by atoms with Crippen molar-refractivity contribution in [3.63, 3.8) is 0 Å². The molecule has 1 atom stereocenters. The van der Waals surface area contributed by atoms with Crippen LogP contribution < -0.4 is 5.32 Å². The Labute approximate surface area is 138 Å². The summed E-state index contributed by atoms with van der Waals surface area (Å²) in [5, 5.41) is 2.80. The van der Waals surface area contributed by atoms with Crippen molar-refractivity contribution in [3.05, 3.63) is 36.4 Å². The number of carbonyl (C=O) groups excluding carboxylic acids is 1. The molecule has 0 saturated carbocycles. The minimum absolute atomic E-state index is 0.0843. The first-order valence-corrected chi connectivity index (χ1v) is 9.48. The molecule has 0 heterocycles. The molecular formula is C17H24N2O3S. The van der Waals surface area contributed by atoms with Gasteiger partial charge < -0.3 is 5.32 Å². The average molecular weight is 336 g/mol. The van der Waals surface area contributed by atoms with E-state index in [-0.39, 0.29) is 16.7 Å². The first-order valence-electron chi connectivity index (χ1n) is 8.04. The van der Waals surface area contributed by atoms with Crippen LogP contribution in [0.25, 0.3) is 0 Å². The molecule has 1 aliphatic rings. The van der Waals surface area contributed by atoms with E-state index in [1.165, 1.54) is 10.4 Å². The summed E-state index contributed by atoms with van der Waals surface area (Å²) in [4.78, 5) is 12.3. The minimum Gasteiger partial charge on any atom is -0.326 e. The van der Waals surface area contributed by atoms with Crippen molar-refractivity contribution in [1.29, 1.82) is 0 Å². The SMILES string of the molecule is CCN(CC)S(=O)(=O)c1cccc(NC(=O)C[C@@H]2C=CCC2)c1. The van der Waals surface area contributed by atoms with Gasteiger partial charge in [0.1, 0.15) is 0 Å². The Morgan fingerprint density at radius 3 is 2.65 bits per heavy atom. The number of nitrogens with one attached hydrogen (secondary N) is 1. The normalized spacial score (nSPS) is 17.6. The van der Waals surface area contributed by atoms with Gasteiger partial charge in [0.15, 0.2) is 0 Å². The largest absolute Gasteiger partial charge is 0.326 e. The van der Waals surface area contributed by atoms with Gasteiger partial charge in [-0.2, -0.15) is 4.31 Å². The summed E-state index contributed by atoms with van der Waals surface area (Å²) < 4.78 is 26.4. The Balaban J connectivity index is 2.10. The van der Waals surface area contributed by atoms with E-state index in [1.807, 2.05) is 13.8 Å². The number of benzene rings is 1. The molecule has 5 nitrogen and oxygen atoms in total. The highest BCUT2D eigenvalue weighted by Crippen LogP contribution is 2.22. The minimum atomic E-state index is -3.51. The lowest BCUT2D eigenvalue weighted by Gasteiger charge is -2.19. The molecule has 0 saturated heterocycles. The number of hydrogen-bond donors (Lipinski definition) is 1. The Kier molecular flexibility index (Phi) is 5.96. The Bertz CT molecular complexity index is 679. The van der Waals surface area contributed by atoms with Crippen molar-refractivity contribution in [3.8, 4) is 0 Å². The summed E-state index contributed by atoms with van der Waals surface area (Å²) >= 11 is 0. The van der Waals surface area contributed by atoms with Crippen molar-refractivity contribution in [2.75, 3.05) is 18.4 Å². The number of rotatable bonds is 7. The van der Waals surface area contributed by atoms with Crippen molar-refractivity contribution in [2.45, 2.75) is 38.0 Å². The first-order chi connectivity index (χ1) is 11.0. The Morgan fingerprint density at radius 1 is 1.30 bits per heavy atom. The molecule has 126 valence electrons. The van der Waals surface area contributed by atoms with Gasteiger partial charge in [-0.3, -0.25) is 4.79 Å². The molecule has 0 radical (unpaired) electrons. The van der Waals surface area contributed by atoms with Gasteiger partial charge in [-0.1, -0.05) is 32.1 Å². The lowest BCUT2D eigenvalue weighted by atomic mass is 10.1. The number of anilines is 1. The molecule has 0 unspecified atom stereocenters. The maximum absolute atomic E-state index is 12.5. The smallest absolute Gasteiger partial charge is 0.243 e. The van der Waals surface area contributed by atoms with Crippen molar-refractivity contribution in [2.24, 2.45) is 5.92 Å². The molecule has 0 aliphatic heterocycles. The van der Waals surface area contributed by atoms with Crippen molar-refractivity contribution < 1.29 is 13.2 Å². The number of sulfonamides is 1. The average Bonchev–Trinajstić information content (AvgIpc) is 3.01. The van der Waals surface area contributed by atoms with E-state index in [4.69, 9.17) is 0 Å². The summed E-state index contributed by atoms with van der Waals surface area (Å²) in [5.41, 5.74) is 0.519. The number of amides is 1. The van der Waals surface area contributed by atoms with E-state index < -0.39 is 10.0 Å². The fourth-order valence-electron chi connectivity index (χ4n) is 2.76. The molecule has 6 heteroatoms. The molecule has 1 aliphatic carbocycles. The van der Waals surface area contributed by atoms with Gasteiger partial charge in [0.25, 0.3) is 0 Å². The molecule has 1 amide bonds. The number of allylic oxidation sites excluding steroid dienone is 2. The van der Waals surface area contributed by atoms with Gasteiger partial charge >= 0.3 is 0 Å². The third-order valence-electron chi connectivity index (χ3n) is 4.02. The molecular weight excluding hydrogens is 312 g/mol. The molecule has 2 rings (SSSR count). The van der Waals surface area contributed by atoms with E-state index in [0.29, 0.717) is 25.2 Å². The highest BCUT2D eigenvalue weighted by atomic mass is 32.2. The third kappa shape index (κ3) is 4.42. The van der Waals surface area contributed by atoms with Gasteiger partial charge in [0, 0.05) is 25.2 Å². The first kappa shape index (κ1) is 17.7. The van der Waals surface area contributed by atoms with E-state index in [9.17, 15) is 13.2 Å². The lowest BCUT2D eigenvalue weighted by molar-refractivity contribution is -0.116. The zero-order valence-electron chi connectivity index (χ0n) is 13.7. The van der Waals surface area contributed by atoms with Crippen LogP contribution >= 0.6 is 0 Å². The van der Waals surface area contributed by atoms with Crippen molar-refractivity contribution in [1.82, 2.24) is 4.31 Å².